The van der Waals surface area contributed by atoms with Gasteiger partial charge in [-0.05, 0) is 25.8 Å². The number of amides is 1. The number of rotatable bonds is 6. The van der Waals surface area contributed by atoms with E-state index in [1.807, 2.05) is 43.8 Å². The monoisotopic (exact) mass is 306 g/mol. The van der Waals surface area contributed by atoms with E-state index in [1.165, 1.54) is 0 Å². The Morgan fingerprint density at radius 2 is 2.19 bits per heavy atom. The molecule has 114 valence electrons. The summed E-state index contributed by atoms with van der Waals surface area (Å²) in [5.74, 6) is 0.501. The zero-order valence-corrected chi connectivity index (χ0v) is 13.8. The predicted octanol–water partition coefficient (Wildman–Crippen LogP) is 2.65. The summed E-state index contributed by atoms with van der Waals surface area (Å²) in [5.41, 5.74) is 3.07. The number of aromatic nitrogens is 3. The van der Waals surface area contributed by atoms with Crippen molar-refractivity contribution >= 4 is 17.2 Å². The van der Waals surface area contributed by atoms with Crippen LogP contribution >= 0.6 is 11.3 Å². The van der Waals surface area contributed by atoms with E-state index in [1.54, 1.807) is 11.3 Å². The van der Waals surface area contributed by atoms with Crippen LogP contribution in [0.4, 0.5) is 0 Å². The second-order valence-electron chi connectivity index (χ2n) is 5.66. The van der Waals surface area contributed by atoms with Crippen molar-refractivity contribution < 1.29 is 4.79 Å². The van der Waals surface area contributed by atoms with Crippen molar-refractivity contribution in [2.45, 2.75) is 40.5 Å². The molecule has 5 nitrogen and oxygen atoms in total. The van der Waals surface area contributed by atoms with E-state index in [4.69, 9.17) is 0 Å². The van der Waals surface area contributed by atoms with E-state index in [0.717, 1.165) is 28.6 Å². The lowest BCUT2D eigenvalue weighted by Crippen LogP contribution is -2.26. The molecule has 0 saturated heterocycles. The Bertz CT molecular complexity index is 615. The Morgan fingerprint density at radius 3 is 2.81 bits per heavy atom. The van der Waals surface area contributed by atoms with Crippen LogP contribution in [0.15, 0.2) is 11.4 Å². The summed E-state index contributed by atoms with van der Waals surface area (Å²) in [7, 11) is 0. The van der Waals surface area contributed by atoms with Crippen molar-refractivity contribution in [3.05, 3.63) is 28.5 Å². The van der Waals surface area contributed by atoms with Crippen LogP contribution in [-0.2, 0) is 11.2 Å². The molecule has 1 amide bonds. The van der Waals surface area contributed by atoms with Gasteiger partial charge in [-0.15, -0.1) is 11.3 Å². The van der Waals surface area contributed by atoms with E-state index >= 15 is 0 Å². The highest BCUT2D eigenvalue weighted by molar-refractivity contribution is 7.12. The molecule has 0 radical (unpaired) electrons. The molecular formula is C15H22N4OS. The molecular weight excluding hydrogens is 284 g/mol. The highest BCUT2D eigenvalue weighted by Gasteiger charge is 2.09. The van der Waals surface area contributed by atoms with Crippen LogP contribution < -0.4 is 5.32 Å². The van der Waals surface area contributed by atoms with Crippen LogP contribution in [0.3, 0.4) is 0 Å². The van der Waals surface area contributed by atoms with Crippen LogP contribution in [0.2, 0.25) is 0 Å². The molecule has 2 heterocycles. The average molecular weight is 306 g/mol. The number of thiazole rings is 1. The van der Waals surface area contributed by atoms with Crippen molar-refractivity contribution in [1.29, 1.82) is 0 Å². The third kappa shape index (κ3) is 4.39. The number of nitrogens with one attached hydrogen (secondary N) is 1. The maximum atomic E-state index is 11.6. The molecule has 0 unspecified atom stereocenters. The summed E-state index contributed by atoms with van der Waals surface area (Å²) >= 11 is 1.58. The molecule has 0 spiro atoms. The first-order valence-corrected chi connectivity index (χ1v) is 8.08. The third-order valence-electron chi connectivity index (χ3n) is 3.03. The largest absolute Gasteiger partial charge is 0.356 e. The Kier molecular flexibility index (Phi) is 5.12. The molecule has 0 atom stereocenters. The van der Waals surface area contributed by atoms with Crippen molar-refractivity contribution in [1.82, 2.24) is 20.1 Å². The predicted molar refractivity (Wildman–Crippen MR) is 84.9 cm³/mol. The van der Waals surface area contributed by atoms with Gasteiger partial charge in [0.2, 0.25) is 11.0 Å². The molecule has 6 heteroatoms. The number of carbonyl (C=O) groups excluding carboxylic acids is 1. The van der Waals surface area contributed by atoms with Crippen molar-refractivity contribution in [2.24, 2.45) is 5.92 Å². The molecule has 21 heavy (non-hydrogen) atoms. The minimum atomic E-state index is 0.110. The molecule has 2 aromatic heterocycles. The first-order valence-electron chi connectivity index (χ1n) is 7.20. The van der Waals surface area contributed by atoms with Gasteiger partial charge >= 0.3 is 0 Å². The number of nitrogens with zero attached hydrogens (tertiary/aromatic N) is 3. The quantitative estimate of drug-likeness (QED) is 0.892. The minimum Gasteiger partial charge on any atom is -0.356 e. The zero-order chi connectivity index (χ0) is 15.4. The summed E-state index contributed by atoms with van der Waals surface area (Å²) in [4.78, 5) is 16.2. The lowest BCUT2D eigenvalue weighted by molar-refractivity contribution is -0.121. The van der Waals surface area contributed by atoms with Crippen molar-refractivity contribution in [3.63, 3.8) is 0 Å². The maximum absolute atomic E-state index is 11.6. The Morgan fingerprint density at radius 1 is 1.43 bits per heavy atom. The van der Waals surface area contributed by atoms with Crippen molar-refractivity contribution in [2.75, 3.05) is 6.54 Å². The number of hydrogen-bond acceptors (Lipinski definition) is 4. The van der Waals surface area contributed by atoms with E-state index in [2.05, 4.69) is 15.4 Å². The van der Waals surface area contributed by atoms with Crippen LogP contribution in [-0.4, -0.2) is 27.2 Å². The van der Waals surface area contributed by atoms with Gasteiger partial charge in [-0.2, -0.15) is 5.10 Å². The minimum absolute atomic E-state index is 0.110. The van der Waals surface area contributed by atoms with E-state index in [-0.39, 0.29) is 5.91 Å². The fourth-order valence-electron chi connectivity index (χ4n) is 2.10. The Balaban J connectivity index is 1.89. The standard InChI is InChI=1S/C15H22N4OS/c1-10(2)7-14(20)16-6-5-13-9-21-15(17-13)19-12(4)8-11(3)18-19/h8-10H,5-7H2,1-4H3,(H,16,20). The number of aryl methyl sites for hydroxylation is 2. The van der Waals surface area contributed by atoms with Crippen LogP contribution in [0, 0.1) is 19.8 Å². The van der Waals surface area contributed by atoms with Gasteiger partial charge in [0.25, 0.3) is 0 Å². The topological polar surface area (TPSA) is 59.8 Å². The smallest absolute Gasteiger partial charge is 0.220 e. The van der Waals surface area contributed by atoms with Crippen LogP contribution in [0.1, 0.15) is 37.4 Å². The highest BCUT2D eigenvalue weighted by Crippen LogP contribution is 2.17. The van der Waals surface area contributed by atoms with Gasteiger partial charge in [-0.3, -0.25) is 4.79 Å². The van der Waals surface area contributed by atoms with Gasteiger partial charge < -0.3 is 5.32 Å². The lowest BCUT2D eigenvalue weighted by Gasteiger charge is -2.05. The first kappa shape index (κ1) is 15.7. The molecule has 1 N–H and O–H groups in total. The van der Waals surface area contributed by atoms with Crippen LogP contribution in [0.5, 0.6) is 0 Å². The summed E-state index contributed by atoms with van der Waals surface area (Å²) in [6.45, 7) is 8.71. The molecule has 0 aliphatic rings. The third-order valence-corrected chi connectivity index (χ3v) is 3.89. The van der Waals surface area contributed by atoms with Gasteiger partial charge in [0.05, 0.1) is 11.4 Å². The van der Waals surface area contributed by atoms with Gasteiger partial charge in [-0.1, -0.05) is 13.8 Å². The molecule has 0 saturated carbocycles. The maximum Gasteiger partial charge on any atom is 0.220 e. The second kappa shape index (κ2) is 6.85. The molecule has 0 aliphatic carbocycles. The van der Waals surface area contributed by atoms with E-state index < -0.39 is 0 Å². The SMILES string of the molecule is Cc1cc(C)n(-c2nc(CCNC(=O)CC(C)C)cs2)n1. The highest BCUT2D eigenvalue weighted by atomic mass is 32.1. The summed E-state index contributed by atoms with van der Waals surface area (Å²) in [5, 5.41) is 10.3. The first-order chi connectivity index (χ1) is 9.95. The Labute approximate surface area is 129 Å². The summed E-state index contributed by atoms with van der Waals surface area (Å²) in [6.07, 6.45) is 1.33. The molecule has 0 aromatic carbocycles. The van der Waals surface area contributed by atoms with Gasteiger partial charge in [0, 0.05) is 30.5 Å². The fourth-order valence-corrected chi connectivity index (χ4v) is 2.97. The second-order valence-corrected chi connectivity index (χ2v) is 6.49. The lowest BCUT2D eigenvalue weighted by atomic mass is 10.1. The normalized spacial score (nSPS) is 11.1. The van der Waals surface area contributed by atoms with Crippen LogP contribution in [0.25, 0.3) is 5.13 Å². The average Bonchev–Trinajstić information content (AvgIpc) is 2.95. The van der Waals surface area contributed by atoms with Gasteiger partial charge in [-0.25, -0.2) is 9.67 Å². The zero-order valence-electron chi connectivity index (χ0n) is 13.0. The summed E-state index contributed by atoms with van der Waals surface area (Å²) < 4.78 is 1.86. The molecule has 2 rings (SSSR count). The molecule has 0 fully saturated rings. The number of hydrogen-bond donors (Lipinski definition) is 1. The van der Waals surface area contributed by atoms with Gasteiger partial charge in [0.1, 0.15) is 0 Å². The summed E-state index contributed by atoms with van der Waals surface area (Å²) in [6, 6.07) is 2.03. The van der Waals surface area contributed by atoms with Crippen molar-refractivity contribution in [3.8, 4) is 5.13 Å². The van der Waals surface area contributed by atoms with Gasteiger partial charge in [0.15, 0.2) is 0 Å². The molecule has 0 bridgehead atoms. The van der Waals surface area contributed by atoms with E-state index in [0.29, 0.717) is 18.9 Å². The number of carbonyl (C=O) groups is 1. The van der Waals surface area contributed by atoms with E-state index in [9.17, 15) is 4.79 Å². The molecule has 2 aromatic rings. The molecule has 0 aliphatic heterocycles. The fraction of sp³-hybridized carbons (Fsp3) is 0.533. The Hall–Kier alpha value is -1.69.